The molecule has 1 fully saturated rings. The normalized spacial score (nSPS) is 18.9. The zero-order chi connectivity index (χ0) is 15.2. The van der Waals surface area contributed by atoms with Crippen LogP contribution in [0.2, 0.25) is 0 Å². The number of methoxy groups -OCH3 is 1. The molecule has 0 aromatic heterocycles. The molecule has 1 N–H and O–H groups in total. The smallest absolute Gasteiger partial charge is 0.310 e. The largest absolute Gasteiger partial charge is 0.490 e. The molecular weight excluding hydrogens is 272 g/mol. The van der Waals surface area contributed by atoms with Crippen LogP contribution in [0.4, 0.5) is 5.69 Å². The van der Waals surface area contributed by atoms with E-state index in [9.17, 15) is 10.1 Å². The predicted octanol–water partition coefficient (Wildman–Crippen LogP) is 2.34. The van der Waals surface area contributed by atoms with Crippen LogP contribution in [0, 0.1) is 10.1 Å². The van der Waals surface area contributed by atoms with Crippen molar-refractivity contribution in [2.45, 2.75) is 38.3 Å². The van der Waals surface area contributed by atoms with Gasteiger partial charge in [-0.3, -0.25) is 15.0 Å². The third-order valence-electron chi connectivity index (χ3n) is 4.02. The van der Waals surface area contributed by atoms with E-state index < -0.39 is 4.92 Å². The number of nitro benzene ring substituents is 1. The third-order valence-corrected chi connectivity index (χ3v) is 4.02. The lowest BCUT2D eigenvalue weighted by Gasteiger charge is -2.24. The fourth-order valence-corrected chi connectivity index (χ4v) is 2.96. The minimum absolute atomic E-state index is 0.000461. The average Bonchev–Trinajstić information content (AvgIpc) is 2.91. The Morgan fingerprint density at radius 2 is 2.33 bits per heavy atom. The van der Waals surface area contributed by atoms with E-state index in [1.54, 1.807) is 12.1 Å². The second kappa shape index (κ2) is 7.38. The van der Waals surface area contributed by atoms with Crippen LogP contribution >= 0.6 is 0 Å². The highest BCUT2D eigenvalue weighted by atomic mass is 16.6. The maximum Gasteiger partial charge on any atom is 0.310 e. The summed E-state index contributed by atoms with van der Waals surface area (Å²) in [5, 5.41) is 19.9. The number of ether oxygens (including phenoxy) is 1. The molecule has 2 rings (SSSR count). The van der Waals surface area contributed by atoms with Gasteiger partial charge in [-0.25, -0.2) is 0 Å². The molecule has 0 spiro atoms. The topological polar surface area (TPSA) is 75.8 Å². The maximum absolute atomic E-state index is 10.9. The lowest BCUT2D eigenvalue weighted by Crippen LogP contribution is -2.29. The molecular formula is C15H22N2O4. The first-order chi connectivity index (χ1) is 10.2. The summed E-state index contributed by atoms with van der Waals surface area (Å²) >= 11 is 0. The molecule has 116 valence electrons. The molecule has 0 saturated carbocycles. The van der Waals surface area contributed by atoms with Crippen molar-refractivity contribution >= 4 is 5.69 Å². The molecule has 1 aromatic rings. The SMILES string of the molecule is COc1cc(CN2CCCC2CCCO)ccc1[N+](=O)[O-]. The first-order valence-electron chi connectivity index (χ1n) is 7.32. The van der Waals surface area contributed by atoms with Gasteiger partial charge in [0.1, 0.15) is 0 Å². The van der Waals surface area contributed by atoms with Crippen LogP contribution in [0.1, 0.15) is 31.2 Å². The highest BCUT2D eigenvalue weighted by Gasteiger charge is 2.24. The summed E-state index contributed by atoms with van der Waals surface area (Å²) in [6.45, 7) is 2.04. The molecule has 1 heterocycles. The highest BCUT2D eigenvalue weighted by molar-refractivity contribution is 5.48. The van der Waals surface area contributed by atoms with Gasteiger partial charge in [0.15, 0.2) is 5.75 Å². The van der Waals surface area contributed by atoms with Crippen LogP contribution in [-0.4, -0.2) is 41.2 Å². The van der Waals surface area contributed by atoms with Crippen molar-refractivity contribution in [1.29, 1.82) is 0 Å². The molecule has 1 aromatic carbocycles. The molecule has 0 radical (unpaired) electrons. The van der Waals surface area contributed by atoms with E-state index in [0.717, 1.165) is 37.9 Å². The standard InChI is InChI=1S/C15H22N2O4/c1-21-15-10-12(6-7-14(15)17(19)20)11-16-8-2-4-13(16)5-3-9-18/h6-7,10,13,18H,2-5,8-9,11H2,1H3. The Balaban J connectivity index is 2.06. The van der Waals surface area contributed by atoms with Crippen LogP contribution < -0.4 is 4.74 Å². The highest BCUT2D eigenvalue weighted by Crippen LogP contribution is 2.30. The van der Waals surface area contributed by atoms with Crippen molar-refractivity contribution < 1.29 is 14.8 Å². The Morgan fingerprint density at radius 1 is 1.52 bits per heavy atom. The van der Waals surface area contributed by atoms with Crippen molar-refractivity contribution in [1.82, 2.24) is 4.90 Å². The Bertz CT molecular complexity index is 493. The van der Waals surface area contributed by atoms with Crippen molar-refractivity contribution in [2.24, 2.45) is 0 Å². The van der Waals surface area contributed by atoms with Gasteiger partial charge >= 0.3 is 5.69 Å². The summed E-state index contributed by atoms with van der Waals surface area (Å²) in [7, 11) is 1.45. The van der Waals surface area contributed by atoms with E-state index in [2.05, 4.69) is 4.90 Å². The molecule has 1 atom stereocenters. The summed E-state index contributed by atoms with van der Waals surface area (Å²) in [6, 6.07) is 5.55. The molecule has 1 aliphatic rings. The molecule has 1 saturated heterocycles. The van der Waals surface area contributed by atoms with Gasteiger partial charge < -0.3 is 9.84 Å². The van der Waals surface area contributed by atoms with Crippen molar-refractivity contribution in [2.75, 3.05) is 20.3 Å². The van der Waals surface area contributed by atoms with Crippen LogP contribution in [0.5, 0.6) is 5.75 Å². The van der Waals surface area contributed by atoms with E-state index in [1.165, 1.54) is 19.6 Å². The minimum atomic E-state index is -0.428. The maximum atomic E-state index is 10.9. The van der Waals surface area contributed by atoms with Crippen molar-refractivity contribution in [3.05, 3.63) is 33.9 Å². The zero-order valence-electron chi connectivity index (χ0n) is 12.3. The van der Waals surface area contributed by atoms with Crippen LogP contribution in [0.3, 0.4) is 0 Å². The number of nitro groups is 1. The van der Waals surface area contributed by atoms with Crippen LogP contribution in [0.15, 0.2) is 18.2 Å². The summed E-state index contributed by atoms with van der Waals surface area (Å²) < 4.78 is 5.11. The molecule has 0 aliphatic carbocycles. The molecule has 0 amide bonds. The number of aliphatic hydroxyl groups is 1. The van der Waals surface area contributed by atoms with E-state index in [0.29, 0.717) is 11.8 Å². The van der Waals surface area contributed by atoms with E-state index in [-0.39, 0.29) is 12.3 Å². The molecule has 21 heavy (non-hydrogen) atoms. The first-order valence-corrected chi connectivity index (χ1v) is 7.32. The molecule has 6 nitrogen and oxygen atoms in total. The Kier molecular flexibility index (Phi) is 5.52. The van der Waals surface area contributed by atoms with Crippen LogP contribution in [-0.2, 0) is 6.54 Å². The second-order valence-electron chi connectivity index (χ2n) is 5.40. The van der Waals surface area contributed by atoms with Gasteiger partial charge in [0.25, 0.3) is 0 Å². The zero-order valence-corrected chi connectivity index (χ0v) is 12.3. The number of likely N-dealkylation sites (tertiary alicyclic amines) is 1. The van der Waals surface area contributed by atoms with Gasteiger partial charge in [0.05, 0.1) is 12.0 Å². The Labute approximate surface area is 124 Å². The van der Waals surface area contributed by atoms with Crippen LogP contribution in [0.25, 0.3) is 0 Å². The summed E-state index contributed by atoms with van der Waals surface area (Å²) in [4.78, 5) is 12.9. The fourth-order valence-electron chi connectivity index (χ4n) is 2.96. The number of benzene rings is 1. The number of hydrogen-bond acceptors (Lipinski definition) is 5. The molecule has 6 heteroatoms. The van der Waals surface area contributed by atoms with Gasteiger partial charge in [0, 0.05) is 25.3 Å². The van der Waals surface area contributed by atoms with E-state index >= 15 is 0 Å². The monoisotopic (exact) mass is 294 g/mol. The van der Waals surface area contributed by atoms with Crippen molar-refractivity contribution in [3.8, 4) is 5.75 Å². The molecule has 1 unspecified atom stereocenters. The van der Waals surface area contributed by atoms with Gasteiger partial charge in [0.2, 0.25) is 0 Å². The quantitative estimate of drug-likeness (QED) is 0.617. The van der Waals surface area contributed by atoms with E-state index in [4.69, 9.17) is 9.84 Å². The van der Waals surface area contributed by atoms with Gasteiger partial charge in [-0.05, 0) is 43.9 Å². The number of nitrogens with zero attached hydrogens (tertiary/aromatic N) is 2. The first kappa shape index (κ1) is 15.7. The number of aliphatic hydroxyl groups excluding tert-OH is 1. The lowest BCUT2D eigenvalue weighted by molar-refractivity contribution is -0.385. The predicted molar refractivity (Wildman–Crippen MR) is 79.4 cm³/mol. The Hall–Kier alpha value is -1.66. The summed E-state index contributed by atoms with van der Waals surface area (Å²) in [5.41, 5.74) is 1.02. The van der Waals surface area contributed by atoms with Gasteiger partial charge in [-0.15, -0.1) is 0 Å². The van der Waals surface area contributed by atoms with Gasteiger partial charge in [-0.2, -0.15) is 0 Å². The Morgan fingerprint density at radius 3 is 3.00 bits per heavy atom. The summed E-state index contributed by atoms with van der Waals surface area (Å²) in [6.07, 6.45) is 4.15. The minimum Gasteiger partial charge on any atom is -0.490 e. The lowest BCUT2D eigenvalue weighted by atomic mass is 10.1. The number of hydrogen-bond donors (Lipinski definition) is 1. The van der Waals surface area contributed by atoms with Gasteiger partial charge in [-0.1, -0.05) is 6.07 Å². The van der Waals surface area contributed by atoms with Crippen molar-refractivity contribution in [3.63, 3.8) is 0 Å². The fraction of sp³-hybridized carbons (Fsp3) is 0.600. The second-order valence-corrected chi connectivity index (χ2v) is 5.40. The number of rotatable bonds is 7. The third kappa shape index (κ3) is 3.92. The molecule has 0 bridgehead atoms. The summed E-state index contributed by atoms with van der Waals surface area (Å²) in [5.74, 6) is 0.309. The average molecular weight is 294 g/mol. The molecule has 1 aliphatic heterocycles. The van der Waals surface area contributed by atoms with E-state index in [1.807, 2.05) is 0 Å².